The van der Waals surface area contributed by atoms with E-state index < -0.39 is 145 Å². The van der Waals surface area contributed by atoms with E-state index in [2.05, 4.69) is 44.7 Å². The lowest BCUT2D eigenvalue weighted by molar-refractivity contribution is -0.166. The van der Waals surface area contributed by atoms with E-state index >= 15 is 0 Å². The SMILES string of the molecule is CC(=O)NC1C(N=C(N)N)CC(C(=O)SCCNC(=O)CCNC(=O)C(O)C(C)(C)COP(=O)(O)OP(=O)(O)OCC2OC(n3cnc4c(N)ncnc43)C(O)C2OP(=O)(O)O)OC1C(O)C(O)CO. The van der Waals surface area contributed by atoms with Gasteiger partial charge >= 0.3 is 23.5 Å². The van der Waals surface area contributed by atoms with Crippen molar-refractivity contribution >= 4 is 81.0 Å². The zero-order valence-corrected chi connectivity index (χ0v) is 40.7. The van der Waals surface area contributed by atoms with Crippen LogP contribution in [0.5, 0.6) is 0 Å². The molecule has 18 N–H and O–H groups in total. The second-order valence-electron chi connectivity index (χ2n) is 16.1. The van der Waals surface area contributed by atoms with E-state index in [1.807, 2.05) is 0 Å². The minimum absolute atomic E-state index is 0.000671. The molecule has 0 radical (unpaired) electrons. The van der Waals surface area contributed by atoms with E-state index in [4.69, 9.17) is 35.7 Å². The van der Waals surface area contributed by atoms with Crippen molar-refractivity contribution in [2.24, 2.45) is 21.9 Å². The number of phosphoric ester groups is 3. The van der Waals surface area contributed by atoms with Crippen LogP contribution < -0.4 is 33.2 Å². The molecule has 0 aliphatic carbocycles. The number of guanidine groups is 1. The molecule has 2 aliphatic heterocycles. The number of phosphoric acid groups is 3. The highest BCUT2D eigenvalue weighted by molar-refractivity contribution is 8.13. The lowest BCUT2D eigenvalue weighted by Gasteiger charge is -2.42. The molecule has 2 aromatic rings. The number of thioether (sulfide) groups is 1. The third kappa shape index (κ3) is 16.6. The Kier molecular flexibility index (Phi) is 20.7. The highest BCUT2D eigenvalue weighted by Gasteiger charge is 2.51. The number of carbonyl (C=O) groups excluding carboxylic acids is 4. The van der Waals surface area contributed by atoms with Gasteiger partial charge in [0.1, 0.15) is 60.7 Å². The molecule has 0 spiro atoms. The molecule has 2 saturated heterocycles. The number of hydrogen-bond donors (Lipinski definition) is 15. The van der Waals surface area contributed by atoms with Gasteiger partial charge in [0.25, 0.3) is 0 Å². The van der Waals surface area contributed by atoms with E-state index in [0.717, 1.165) is 29.0 Å². The molecule has 37 heteroatoms. The largest absolute Gasteiger partial charge is 0.481 e. The van der Waals surface area contributed by atoms with Gasteiger partial charge in [0.05, 0.1) is 38.2 Å². The number of nitrogens with two attached hydrogens (primary N) is 3. The number of rotatable bonds is 25. The van der Waals surface area contributed by atoms with Crippen molar-refractivity contribution < 1.29 is 105 Å². The topological polar surface area (TPSA) is 527 Å². The lowest BCUT2D eigenvalue weighted by atomic mass is 9.87. The first kappa shape index (κ1) is 58.7. The van der Waals surface area contributed by atoms with Crippen LogP contribution in [-0.2, 0) is 60.2 Å². The van der Waals surface area contributed by atoms with E-state index in [0.29, 0.717) is 0 Å². The van der Waals surface area contributed by atoms with Crippen LogP contribution in [0.25, 0.3) is 11.2 Å². The summed E-state index contributed by atoms with van der Waals surface area (Å²) < 4.78 is 68.1. The van der Waals surface area contributed by atoms with Gasteiger partial charge in [0.15, 0.2) is 23.7 Å². The number of aromatic nitrogens is 4. The smallest absolute Gasteiger partial charge is 0.394 e. The summed E-state index contributed by atoms with van der Waals surface area (Å²) >= 11 is 0.724. The van der Waals surface area contributed by atoms with Gasteiger partial charge in [-0.25, -0.2) is 33.6 Å². The summed E-state index contributed by atoms with van der Waals surface area (Å²) in [5.74, 6) is -2.70. The van der Waals surface area contributed by atoms with Gasteiger partial charge in [0.2, 0.25) is 22.8 Å². The molecule has 3 amide bonds. The quantitative estimate of drug-likeness (QED) is 0.0191. The molecule has 13 atom stereocenters. The number of carbonyl (C=O) groups is 4. The van der Waals surface area contributed by atoms with Crippen LogP contribution >= 0.6 is 35.2 Å². The van der Waals surface area contributed by atoms with Crippen molar-refractivity contribution in [3.63, 3.8) is 0 Å². The molecule has 4 rings (SSSR count). The van der Waals surface area contributed by atoms with Crippen LogP contribution in [0, 0.1) is 5.41 Å². The van der Waals surface area contributed by atoms with Crippen molar-refractivity contribution in [2.75, 3.05) is 44.4 Å². The molecule has 33 nitrogen and oxygen atoms in total. The summed E-state index contributed by atoms with van der Waals surface area (Å²) in [5.41, 5.74) is 15.2. The van der Waals surface area contributed by atoms with E-state index in [1.54, 1.807) is 0 Å². The van der Waals surface area contributed by atoms with Crippen molar-refractivity contribution in [1.82, 2.24) is 35.5 Å². The van der Waals surface area contributed by atoms with Gasteiger partial charge in [-0.05, 0) is 0 Å². The van der Waals surface area contributed by atoms with Gasteiger partial charge < -0.3 is 87.7 Å². The number of anilines is 1. The molecule has 2 fully saturated rings. The van der Waals surface area contributed by atoms with Gasteiger partial charge in [0, 0.05) is 44.0 Å². The molecular formula is C33H56N11O22P3S. The average Bonchev–Trinajstić information content (AvgIpc) is 3.82. The first-order valence-electron chi connectivity index (χ1n) is 20.5. The molecule has 396 valence electrons. The maximum Gasteiger partial charge on any atom is 0.481 e. The van der Waals surface area contributed by atoms with Crippen molar-refractivity contribution in [3.8, 4) is 0 Å². The highest BCUT2D eigenvalue weighted by atomic mass is 32.2. The number of nitrogens with one attached hydrogen (secondary N) is 3. The number of nitrogen functional groups attached to an aromatic ring is 1. The van der Waals surface area contributed by atoms with Crippen LogP contribution in [0.1, 0.15) is 39.8 Å². The highest BCUT2D eigenvalue weighted by Crippen LogP contribution is 2.61. The summed E-state index contributed by atoms with van der Waals surface area (Å²) in [6.45, 7) is 0.156. The second-order valence-corrected chi connectivity index (χ2v) is 21.5. The molecule has 0 aromatic carbocycles. The Morgan fingerprint density at radius 3 is 2.31 bits per heavy atom. The predicted octanol–water partition coefficient (Wildman–Crippen LogP) is -5.32. The molecule has 0 saturated carbocycles. The number of aliphatic hydroxyl groups excluding tert-OH is 5. The van der Waals surface area contributed by atoms with Crippen LogP contribution in [0.2, 0.25) is 0 Å². The zero-order valence-electron chi connectivity index (χ0n) is 37.2. The zero-order chi connectivity index (χ0) is 52.5. The number of amides is 3. The third-order valence-electron chi connectivity index (χ3n) is 10.2. The number of hydrogen-bond acceptors (Lipinski definition) is 24. The minimum atomic E-state index is -5.64. The lowest BCUT2D eigenvalue weighted by Crippen LogP contribution is -2.63. The maximum absolute atomic E-state index is 13.1. The predicted molar refractivity (Wildman–Crippen MR) is 237 cm³/mol. The Morgan fingerprint density at radius 2 is 1.69 bits per heavy atom. The molecular weight excluding hydrogens is 1030 g/mol. The molecule has 2 aliphatic rings. The fourth-order valence-corrected chi connectivity index (χ4v) is 10.4. The first-order chi connectivity index (χ1) is 32.5. The number of aliphatic hydroxyl groups is 5. The van der Waals surface area contributed by atoms with Crippen LogP contribution in [0.15, 0.2) is 17.6 Å². The Bertz CT molecular complexity index is 2340. The number of aliphatic imine (C=N–C) groups is 1. The van der Waals surface area contributed by atoms with Crippen LogP contribution in [0.4, 0.5) is 5.82 Å². The molecule has 70 heavy (non-hydrogen) atoms. The molecule has 13 unspecified atom stereocenters. The standard InChI is InChI=1S/C33H56N11O22P3S/c1-14(46)42-20-15(43-32(35)36)8-17(63-25(20)22(49)16(47)9-45)31(53)70-7-6-37-19(48)4-5-38-29(52)26(51)33(2,3)11-62-69(59,60)66-68(57,58)61-10-18-24(65-67(54,55)56)23(50)30(64-18)44-13-41-21-27(34)39-12-40-28(21)44/h12-13,15-18,20,22-26,30,45,47,49-51H,4-11H2,1-3H3,(H,37,48)(H,38,52)(H,42,46)(H,57,58)(H,59,60)(H2,34,39,40)(H4,35,36,43)(H2,54,55,56). The summed E-state index contributed by atoms with van der Waals surface area (Å²) in [6.07, 6.45) is -13.7. The van der Waals surface area contributed by atoms with Crippen molar-refractivity contribution in [2.45, 2.75) is 101 Å². The van der Waals surface area contributed by atoms with Gasteiger partial charge in [-0.15, -0.1) is 0 Å². The molecule has 0 bridgehead atoms. The summed E-state index contributed by atoms with van der Waals surface area (Å²) in [4.78, 5) is 105. The van der Waals surface area contributed by atoms with Gasteiger partial charge in [-0.1, -0.05) is 25.6 Å². The minimum Gasteiger partial charge on any atom is -0.394 e. The Balaban J connectivity index is 1.22. The number of imidazole rings is 1. The van der Waals surface area contributed by atoms with Gasteiger partial charge in [-0.2, -0.15) is 4.31 Å². The summed E-state index contributed by atoms with van der Waals surface area (Å²) in [6, 6.07) is -2.09. The van der Waals surface area contributed by atoms with Crippen LogP contribution in [0.3, 0.4) is 0 Å². The number of fused-ring (bicyclic) bond motifs is 1. The van der Waals surface area contributed by atoms with Crippen molar-refractivity contribution in [1.29, 1.82) is 0 Å². The normalized spacial score (nSPS) is 26.0. The number of nitrogens with zero attached hydrogens (tertiary/aromatic N) is 5. The summed E-state index contributed by atoms with van der Waals surface area (Å²) in [5, 5.41) is 58.4. The first-order valence-corrected chi connectivity index (χ1v) is 26.0. The van der Waals surface area contributed by atoms with Gasteiger partial charge in [-0.3, -0.25) is 37.3 Å². The molecule has 4 heterocycles. The average molecular weight is 1080 g/mol. The molecule has 2 aromatic heterocycles. The Labute approximate surface area is 400 Å². The van der Waals surface area contributed by atoms with Crippen molar-refractivity contribution in [3.05, 3.63) is 12.7 Å². The Hall–Kier alpha value is -3.86. The number of ether oxygens (including phenoxy) is 2. The monoisotopic (exact) mass is 1080 g/mol. The second kappa shape index (κ2) is 24.7. The summed E-state index contributed by atoms with van der Waals surface area (Å²) in [7, 11) is -16.6. The fourth-order valence-electron chi connectivity index (χ4n) is 6.80. The van der Waals surface area contributed by atoms with E-state index in [9.17, 15) is 78.0 Å². The third-order valence-corrected chi connectivity index (χ3v) is 14.2. The Morgan fingerprint density at radius 1 is 1.01 bits per heavy atom. The fraction of sp³-hybridized carbons (Fsp3) is 0.697. The van der Waals surface area contributed by atoms with E-state index in [-0.39, 0.29) is 48.7 Å². The van der Waals surface area contributed by atoms with Crippen LogP contribution in [-0.4, -0.2) is 193 Å². The maximum atomic E-state index is 13.1. The van der Waals surface area contributed by atoms with E-state index in [1.165, 1.54) is 20.8 Å².